The van der Waals surface area contributed by atoms with Crippen LogP contribution >= 0.6 is 11.6 Å². The molecule has 0 atom stereocenters. The lowest BCUT2D eigenvalue weighted by molar-refractivity contribution is 1.21. The Morgan fingerprint density at radius 1 is 0.619 bits per heavy atom. The number of aryl methyl sites for hydroxylation is 6. The largest absolute Gasteiger partial charge is 0.122 e. The Hall–Kier alpha value is -1.27. The lowest BCUT2D eigenvalue weighted by atomic mass is 10.0. The van der Waals surface area contributed by atoms with Gasteiger partial charge in [0.15, 0.2) is 0 Å². The zero-order valence-corrected chi connectivity index (χ0v) is 14.2. The molecule has 0 nitrogen and oxygen atoms in total. The van der Waals surface area contributed by atoms with Crippen LogP contribution in [0.1, 0.15) is 46.4 Å². The monoisotopic (exact) mass is 304 g/mol. The molecule has 2 rings (SSSR count). The van der Waals surface area contributed by atoms with Gasteiger partial charge in [0.05, 0.1) is 0 Å². The van der Waals surface area contributed by atoms with Crippen LogP contribution in [0, 0.1) is 41.5 Å². The Morgan fingerprint density at radius 3 is 1.19 bits per heavy atom. The van der Waals surface area contributed by atoms with Gasteiger partial charge in [-0.05, 0) is 58.2 Å². The Kier molecular flexibility index (Phi) is 8.36. The normalized spacial score (nSPS) is 9.48. The van der Waals surface area contributed by atoms with Crippen molar-refractivity contribution in [2.24, 2.45) is 0 Å². The van der Waals surface area contributed by atoms with Gasteiger partial charge in [-0.25, -0.2) is 0 Å². The van der Waals surface area contributed by atoms with Gasteiger partial charge in [-0.2, -0.15) is 0 Å². The third-order valence-electron chi connectivity index (χ3n) is 3.34. The van der Waals surface area contributed by atoms with Crippen molar-refractivity contribution >= 4 is 11.6 Å². The minimum atomic E-state index is 0. The number of hydrogen-bond acceptors (Lipinski definition) is 0. The van der Waals surface area contributed by atoms with Crippen molar-refractivity contribution < 1.29 is 0 Å². The van der Waals surface area contributed by atoms with E-state index < -0.39 is 0 Å². The standard InChI is InChI=1S/C10H13Cl.C9H12.CH4/c1-7-4-8(2)10(6-11)9(3)5-7;1-7-4-8(2)6-9(3)5-7;/h4-5H,6H2,1-3H3;4-6H,1-3H3;1H4. The van der Waals surface area contributed by atoms with E-state index in [1.54, 1.807) is 0 Å². The smallest absolute Gasteiger partial charge is 0.0479 e. The number of hydrogen-bond donors (Lipinski definition) is 0. The molecular weight excluding hydrogens is 276 g/mol. The average Bonchev–Trinajstić information content (AvgIpc) is 2.26. The first-order valence-electron chi connectivity index (χ1n) is 7.01. The van der Waals surface area contributed by atoms with E-state index in [-0.39, 0.29) is 7.43 Å². The van der Waals surface area contributed by atoms with E-state index in [4.69, 9.17) is 11.6 Å². The van der Waals surface area contributed by atoms with Gasteiger partial charge in [0.2, 0.25) is 0 Å². The van der Waals surface area contributed by atoms with Crippen molar-refractivity contribution in [2.45, 2.75) is 54.8 Å². The van der Waals surface area contributed by atoms with Crippen molar-refractivity contribution in [1.82, 2.24) is 0 Å². The van der Waals surface area contributed by atoms with Gasteiger partial charge in [0.25, 0.3) is 0 Å². The number of alkyl halides is 1. The minimum Gasteiger partial charge on any atom is -0.122 e. The molecule has 0 saturated heterocycles. The molecule has 2 aromatic rings. The summed E-state index contributed by atoms with van der Waals surface area (Å²) in [6.45, 7) is 12.7. The Balaban J connectivity index is 0.000000370. The molecule has 0 aliphatic heterocycles. The van der Waals surface area contributed by atoms with Crippen molar-refractivity contribution in [2.75, 3.05) is 0 Å². The summed E-state index contributed by atoms with van der Waals surface area (Å²) in [4.78, 5) is 0. The maximum Gasteiger partial charge on any atom is 0.0479 e. The van der Waals surface area contributed by atoms with Gasteiger partial charge in [-0.15, -0.1) is 11.6 Å². The highest BCUT2D eigenvalue weighted by Gasteiger charge is 2.00. The summed E-state index contributed by atoms with van der Waals surface area (Å²) in [5.41, 5.74) is 9.26. The van der Waals surface area contributed by atoms with Crippen LogP contribution in [0.15, 0.2) is 30.3 Å². The van der Waals surface area contributed by atoms with E-state index >= 15 is 0 Å². The zero-order valence-electron chi connectivity index (χ0n) is 13.5. The molecule has 0 unspecified atom stereocenters. The second-order valence-electron chi connectivity index (χ2n) is 5.68. The van der Waals surface area contributed by atoms with Crippen molar-refractivity contribution in [1.29, 1.82) is 0 Å². The lowest BCUT2D eigenvalue weighted by Gasteiger charge is -2.07. The maximum absolute atomic E-state index is 5.79. The molecule has 0 fully saturated rings. The summed E-state index contributed by atoms with van der Waals surface area (Å²) < 4.78 is 0. The summed E-state index contributed by atoms with van der Waals surface area (Å²) in [5.74, 6) is 0.623. The predicted octanol–water partition coefficient (Wildman–Crippen LogP) is 6.60. The highest BCUT2D eigenvalue weighted by Crippen LogP contribution is 2.17. The van der Waals surface area contributed by atoms with Crippen LogP contribution in [-0.2, 0) is 5.88 Å². The Bertz CT molecular complexity index is 509. The molecule has 0 saturated carbocycles. The van der Waals surface area contributed by atoms with Crippen LogP contribution < -0.4 is 0 Å². The fraction of sp³-hybridized carbons (Fsp3) is 0.400. The van der Waals surface area contributed by atoms with Gasteiger partial charge >= 0.3 is 0 Å². The fourth-order valence-electron chi connectivity index (χ4n) is 2.62. The maximum atomic E-state index is 5.79. The van der Waals surface area contributed by atoms with E-state index in [1.165, 1.54) is 38.9 Å². The molecule has 0 radical (unpaired) electrons. The lowest BCUT2D eigenvalue weighted by Crippen LogP contribution is -1.90. The van der Waals surface area contributed by atoms with E-state index in [9.17, 15) is 0 Å². The van der Waals surface area contributed by atoms with Crippen LogP contribution in [0.3, 0.4) is 0 Å². The van der Waals surface area contributed by atoms with Crippen molar-refractivity contribution in [3.8, 4) is 0 Å². The first-order valence-corrected chi connectivity index (χ1v) is 7.54. The first kappa shape index (κ1) is 19.7. The van der Waals surface area contributed by atoms with Crippen LogP contribution in [0.5, 0.6) is 0 Å². The number of benzene rings is 2. The molecule has 0 N–H and O–H groups in total. The van der Waals surface area contributed by atoms with E-state index in [1.807, 2.05) is 0 Å². The molecular formula is C20H29Cl. The summed E-state index contributed by atoms with van der Waals surface area (Å²) in [5, 5.41) is 0. The molecule has 1 heteroatoms. The fourth-order valence-corrected chi connectivity index (χ4v) is 3.04. The average molecular weight is 305 g/mol. The second kappa shape index (κ2) is 8.89. The molecule has 0 aliphatic carbocycles. The molecule has 0 spiro atoms. The van der Waals surface area contributed by atoms with Crippen LogP contribution in [-0.4, -0.2) is 0 Å². The molecule has 0 aliphatic rings. The van der Waals surface area contributed by atoms with Gasteiger partial charge < -0.3 is 0 Å². The number of halogens is 1. The summed E-state index contributed by atoms with van der Waals surface area (Å²) in [6.07, 6.45) is 0. The van der Waals surface area contributed by atoms with Gasteiger partial charge in [0.1, 0.15) is 0 Å². The Morgan fingerprint density at radius 2 is 0.905 bits per heavy atom. The molecule has 0 aromatic heterocycles. The molecule has 116 valence electrons. The topological polar surface area (TPSA) is 0 Å². The van der Waals surface area contributed by atoms with Crippen LogP contribution in [0.25, 0.3) is 0 Å². The van der Waals surface area contributed by atoms with Crippen molar-refractivity contribution in [3.05, 3.63) is 69.3 Å². The summed E-state index contributed by atoms with van der Waals surface area (Å²) >= 11 is 5.79. The van der Waals surface area contributed by atoms with Gasteiger partial charge in [-0.1, -0.05) is 60.0 Å². The third kappa shape index (κ3) is 6.35. The van der Waals surface area contributed by atoms with Crippen LogP contribution in [0.2, 0.25) is 0 Å². The molecule has 21 heavy (non-hydrogen) atoms. The van der Waals surface area contributed by atoms with E-state index in [2.05, 4.69) is 71.9 Å². The summed E-state index contributed by atoms with van der Waals surface area (Å²) in [7, 11) is 0. The molecule has 0 bridgehead atoms. The Labute approximate surface area is 136 Å². The van der Waals surface area contributed by atoms with Crippen LogP contribution in [0.4, 0.5) is 0 Å². The zero-order chi connectivity index (χ0) is 15.3. The second-order valence-corrected chi connectivity index (χ2v) is 5.94. The minimum absolute atomic E-state index is 0. The number of rotatable bonds is 1. The SMILES string of the molecule is C.Cc1cc(C)c(CCl)c(C)c1.Cc1cc(C)cc(C)c1. The molecule has 0 heterocycles. The highest BCUT2D eigenvalue weighted by atomic mass is 35.5. The van der Waals surface area contributed by atoms with Crippen molar-refractivity contribution in [3.63, 3.8) is 0 Å². The molecule has 2 aromatic carbocycles. The predicted molar refractivity (Wildman–Crippen MR) is 97.6 cm³/mol. The van der Waals surface area contributed by atoms with E-state index in [0.29, 0.717) is 5.88 Å². The quantitative estimate of drug-likeness (QED) is 0.521. The molecule has 0 amide bonds. The van der Waals surface area contributed by atoms with Gasteiger partial charge in [-0.3, -0.25) is 0 Å². The van der Waals surface area contributed by atoms with E-state index in [0.717, 1.165) is 0 Å². The van der Waals surface area contributed by atoms with Gasteiger partial charge in [0, 0.05) is 5.88 Å². The third-order valence-corrected chi connectivity index (χ3v) is 3.61. The highest BCUT2D eigenvalue weighted by molar-refractivity contribution is 6.17. The summed E-state index contributed by atoms with van der Waals surface area (Å²) in [6, 6.07) is 10.9. The first-order chi connectivity index (χ1) is 9.33.